The Morgan fingerprint density at radius 1 is 1.33 bits per heavy atom. The number of hydrogen-bond donors (Lipinski definition) is 1. The Morgan fingerprint density at radius 3 is 2.89 bits per heavy atom. The molecule has 1 N–H and O–H groups in total. The molecule has 0 aromatic heterocycles. The van der Waals surface area contributed by atoms with Gasteiger partial charge in [0, 0.05) is 12.5 Å². The van der Waals surface area contributed by atoms with E-state index in [9.17, 15) is 0 Å². The average Bonchev–Trinajstić information content (AvgIpc) is 2.39. The van der Waals surface area contributed by atoms with Gasteiger partial charge in [0.25, 0.3) is 0 Å². The van der Waals surface area contributed by atoms with Crippen LogP contribution >= 0.6 is 12.4 Å². The first-order valence-corrected chi connectivity index (χ1v) is 6.81. The Labute approximate surface area is 117 Å². The highest BCUT2D eigenvalue weighted by atomic mass is 35.5. The summed E-state index contributed by atoms with van der Waals surface area (Å²) < 4.78 is 5.99. The number of benzene rings is 1. The van der Waals surface area contributed by atoms with Crippen LogP contribution in [-0.4, -0.2) is 19.7 Å². The maximum atomic E-state index is 5.99. The molecule has 1 aliphatic heterocycles. The fourth-order valence-electron chi connectivity index (χ4n) is 2.39. The van der Waals surface area contributed by atoms with Gasteiger partial charge in [0.15, 0.2) is 0 Å². The van der Waals surface area contributed by atoms with Gasteiger partial charge >= 0.3 is 0 Å². The maximum absolute atomic E-state index is 5.99. The summed E-state index contributed by atoms with van der Waals surface area (Å²) in [5, 5.41) is 3.43. The molecule has 0 amide bonds. The van der Waals surface area contributed by atoms with E-state index in [1.54, 1.807) is 0 Å². The predicted molar refractivity (Wildman–Crippen MR) is 78.8 cm³/mol. The van der Waals surface area contributed by atoms with Crippen LogP contribution in [0.3, 0.4) is 0 Å². The van der Waals surface area contributed by atoms with Crippen LogP contribution in [0.15, 0.2) is 24.3 Å². The SMILES string of the molecule is CCCc1ccccc1OCC1CCCNC1.Cl. The fraction of sp³-hybridized carbons (Fsp3) is 0.600. The van der Waals surface area contributed by atoms with Crippen LogP contribution in [0.4, 0.5) is 0 Å². The second kappa shape index (κ2) is 8.39. The number of halogens is 1. The molecular weight excluding hydrogens is 246 g/mol. The van der Waals surface area contributed by atoms with Gasteiger partial charge in [-0.2, -0.15) is 0 Å². The summed E-state index contributed by atoms with van der Waals surface area (Å²) in [6.07, 6.45) is 4.86. The zero-order chi connectivity index (χ0) is 11.9. The van der Waals surface area contributed by atoms with Gasteiger partial charge in [0.05, 0.1) is 6.61 Å². The van der Waals surface area contributed by atoms with Crippen LogP contribution in [0.25, 0.3) is 0 Å². The third-order valence-electron chi connectivity index (χ3n) is 3.37. The molecule has 1 atom stereocenters. The molecular formula is C15H24ClNO. The van der Waals surface area contributed by atoms with Crippen LogP contribution in [0, 0.1) is 5.92 Å². The quantitative estimate of drug-likeness (QED) is 0.884. The van der Waals surface area contributed by atoms with E-state index >= 15 is 0 Å². The van der Waals surface area contributed by atoms with Crippen molar-refractivity contribution in [1.29, 1.82) is 0 Å². The molecule has 1 saturated heterocycles. The van der Waals surface area contributed by atoms with E-state index < -0.39 is 0 Å². The number of ether oxygens (including phenoxy) is 1. The molecule has 1 aromatic rings. The lowest BCUT2D eigenvalue weighted by molar-refractivity contribution is 0.217. The summed E-state index contributed by atoms with van der Waals surface area (Å²) in [6.45, 7) is 5.34. The van der Waals surface area contributed by atoms with Gasteiger partial charge in [-0.15, -0.1) is 12.4 Å². The van der Waals surface area contributed by atoms with E-state index in [4.69, 9.17) is 4.74 Å². The third-order valence-corrected chi connectivity index (χ3v) is 3.37. The van der Waals surface area contributed by atoms with Gasteiger partial charge in [-0.3, -0.25) is 0 Å². The molecule has 3 heteroatoms. The van der Waals surface area contributed by atoms with Crippen molar-refractivity contribution in [2.75, 3.05) is 19.7 Å². The molecule has 18 heavy (non-hydrogen) atoms. The first kappa shape index (κ1) is 15.3. The van der Waals surface area contributed by atoms with Crippen molar-refractivity contribution >= 4 is 12.4 Å². The average molecular weight is 270 g/mol. The number of nitrogens with one attached hydrogen (secondary N) is 1. The monoisotopic (exact) mass is 269 g/mol. The Bertz CT molecular complexity index is 337. The van der Waals surface area contributed by atoms with Gasteiger partial charge in [-0.25, -0.2) is 0 Å². The lowest BCUT2D eigenvalue weighted by Gasteiger charge is -2.23. The largest absolute Gasteiger partial charge is 0.493 e. The van der Waals surface area contributed by atoms with Crippen molar-refractivity contribution < 1.29 is 4.74 Å². The van der Waals surface area contributed by atoms with Crippen LogP contribution in [0.5, 0.6) is 5.75 Å². The predicted octanol–water partition coefficient (Wildman–Crippen LogP) is 3.44. The molecule has 0 spiro atoms. The molecule has 102 valence electrons. The Kier molecular flexibility index (Phi) is 7.14. The second-order valence-electron chi connectivity index (χ2n) is 4.88. The summed E-state index contributed by atoms with van der Waals surface area (Å²) in [4.78, 5) is 0. The lowest BCUT2D eigenvalue weighted by Crippen LogP contribution is -2.33. The molecule has 1 fully saturated rings. The number of piperidine rings is 1. The molecule has 2 nitrogen and oxygen atoms in total. The van der Waals surface area contributed by atoms with E-state index in [1.165, 1.54) is 31.4 Å². The van der Waals surface area contributed by atoms with Crippen LogP contribution < -0.4 is 10.1 Å². The highest BCUT2D eigenvalue weighted by Crippen LogP contribution is 2.21. The minimum Gasteiger partial charge on any atom is -0.493 e. The van der Waals surface area contributed by atoms with E-state index in [0.717, 1.165) is 25.3 Å². The minimum atomic E-state index is 0. The van der Waals surface area contributed by atoms with Crippen molar-refractivity contribution in [2.24, 2.45) is 5.92 Å². The highest BCUT2D eigenvalue weighted by molar-refractivity contribution is 5.85. The van der Waals surface area contributed by atoms with Gasteiger partial charge in [0.2, 0.25) is 0 Å². The molecule has 1 heterocycles. The summed E-state index contributed by atoms with van der Waals surface area (Å²) >= 11 is 0. The van der Waals surface area contributed by atoms with Gasteiger partial charge in [-0.1, -0.05) is 31.5 Å². The number of hydrogen-bond acceptors (Lipinski definition) is 2. The summed E-state index contributed by atoms with van der Waals surface area (Å²) in [7, 11) is 0. The molecule has 1 unspecified atom stereocenters. The Hall–Kier alpha value is -0.730. The third kappa shape index (κ3) is 4.51. The first-order valence-electron chi connectivity index (χ1n) is 6.81. The summed E-state index contributed by atoms with van der Waals surface area (Å²) in [5.41, 5.74) is 1.35. The van der Waals surface area contributed by atoms with E-state index in [2.05, 4.69) is 36.5 Å². The Balaban J connectivity index is 0.00000162. The van der Waals surface area contributed by atoms with Crippen LogP contribution in [0.1, 0.15) is 31.7 Å². The highest BCUT2D eigenvalue weighted by Gasteiger charge is 2.14. The molecule has 1 aromatic carbocycles. The topological polar surface area (TPSA) is 21.3 Å². The van der Waals surface area contributed by atoms with Crippen LogP contribution in [0.2, 0.25) is 0 Å². The summed E-state index contributed by atoms with van der Waals surface area (Å²) in [5.74, 6) is 1.76. The fourth-order valence-corrected chi connectivity index (χ4v) is 2.39. The smallest absolute Gasteiger partial charge is 0.122 e. The van der Waals surface area contributed by atoms with Crippen molar-refractivity contribution in [3.63, 3.8) is 0 Å². The standard InChI is InChI=1S/C15H23NO.ClH/c1-2-6-14-8-3-4-9-15(14)17-12-13-7-5-10-16-11-13;/h3-4,8-9,13,16H,2,5-7,10-12H2,1H3;1H. The van der Waals surface area contributed by atoms with E-state index in [0.29, 0.717) is 5.92 Å². The maximum Gasteiger partial charge on any atom is 0.122 e. The second-order valence-corrected chi connectivity index (χ2v) is 4.88. The molecule has 0 aliphatic carbocycles. The molecule has 1 aliphatic rings. The van der Waals surface area contributed by atoms with E-state index in [1.807, 2.05) is 0 Å². The minimum absolute atomic E-state index is 0. The molecule has 2 rings (SSSR count). The van der Waals surface area contributed by atoms with Gasteiger partial charge < -0.3 is 10.1 Å². The van der Waals surface area contributed by atoms with Crippen LogP contribution in [-0.2, 0) is 6.42 Å². The molecule has 0 bridgehead atoms. The van der Waals surface area contributed by atoms with Crippen molar-refractivity contribution in [2.45, 2.75) is 32.6 Å². The normalized spacial score (nSPS) is 19.1. The molecule has 0 radical (unpaired) electrons. The first-order chi connectivity index (χ1) is 8.40. The van der Waals surface area contributed by atoms with Gasteiger partial charge in [-0.05, 0) is 37.4 Å². The number of para-hydroxylation sites is 1. The van der Waals surface area contributed by atoms with Crippen molar-refractivity contribution in [3.05, 3.63) is 29.8 Å². The van der Waals surface area contributed by atoms with E-state index in [-0.39, 0.29) is 12.4 Å². The number of rotatable bonds is 5. The number of aryl methyl sites for hydroxylation is 1. The van der Waals surface area contributed by atoms with Crippen molar-refractivity contribution in [3.8, 4) is 5.75 Å². The lowest BCUT2D eigenvalue weighted by atomic mass is 10.0. The molecule has 0 saturated carbocycles. The van der Waals surface area contributed by atoms with Gasteiger partial charge in [0.1, 0.15) is 5.75 Å². The zero-order valence-electron chi connectivity index (χ0n) is 11.2. The Morgan fingerprint density at radius 2 is 2.17 bits per heavy atom. The van der Waals surface area contributed by atoms with Crippen molar-refractivity contribution in [1.82, 2.24) is 5.32 Å². The zero-order valence-corrected chi connectivity index (χ0v) is 12.0. The summed E-state index contributed by atoms with van der Waals surface area (Å²) in [6, 6.07) is 8.44.